The average molecular weight is 129 g/mol. The van der Waals surface area contributed by atoms with Gasteiger partial charge in [-0.15, -0.1) is 10.2 Å². The molecule has 0 aliphatic carbocycles. The molecule has 1 heterocycles. The molecule has 0 atom stereocenters. The molecule has 0 spiro atoms. The van der Waals surface area contributed by atoms with Crippen molar-refractivity contribution in [2.75, 3.05) is 5.53 Å². The normalized spacial score (nSPS) is 8.89. The monoisotopic (exact) mass is 129 g/mol. The van der Waals surface area contributed by atoms with E-state index in [-0.39, 0.29) is 0 Å². The molecule has 0 saturated heterocycles. The molecule has 1 aromatic heterocycles. The minimum Gasteiger partial charge on any atom is -0.339 e. The van der Waals surface area contributed by atoms with Crippen molar-refractivity contribution < 1.29 is 5.03 Å². The van der Waals surface area contributed by atoms with E-state index in [9.17, 15) is 10.1 Å². The maximum Gasteiger partial charge on any atom is 0.229 e. The fourth-order valence-corrected chi connectivity index (χ4v) is 0.347. The highest BCUT2D eigenvalue weighted by atomic mass is 16.7. The first-order valence-electron chi connectivity index (χ1n) is 2.05. The van der Waals surface area contributed by atoms with E-state index in [4.69, 9.17) is 0 Å². The van der Waals surface area contributed by atoms with Crippen LogP contribution in [0.15, 0.2) is 12.7 Å². The van der Waals surface area contributed by atoms with Crippen LogP contribution in [0.25, 0.3) is 0 Å². The van der Waals surface area contributed by atoms with Crippen molar-refractivity contribution in [2.45, 2.75) is 0 Å². The van der Waals surface area contributed by atoms with Crippen LogP contribution in [0.1, 0.15) is 0 Å². The molecule has 0 saturated carbocycles. The highest BCUT2D eigenvalue weighted by Crippen LogP contribution is 1.72. The Morgan fingerprint density at radius 2 is 2.11 bits per heavy atom. The SMILES string of the molecule is O=[N+]([O-])Nn1cnnc1. The minimum atomic E-state index is -0.705. The lowest BCUT2D eigenvalue weighted by Crippen LogP contribution is -2.19. The average Bonchev–Trinajstić information content (AvgIpc) is 2.15. The standard InChI is InChI=1S/C2H3N5O2/c8-7(9)5-6-1-3-4-2-6/h1-2,5H. The molecule has 7 heteroatoms. The van der Waals surface area contributed by atoms with Gasteiger partial charge in [0.15, 0.2) is 0 Å². The van der Waals surface area contributed by atoms with Crippen molar-refractivity contribution in [1.82, 2.24) is 14.9 Å². The highest BCUT2D eigenvalue weighted by Gasteiger charge is 1.93. The molecular formula is C2H3N5O2. The maximum atomic E-state index is 9.68. The number of nitrogens with zero attached hydrogens (tertiary/aromatic N) is 4. The number of hydrogen-bond donors (Lipinski definition) is 1. The lowest BCUT2D eigenvalue weighted by atomic mass is 11.3. The molecule has 1 aromatic rings. The van der Waals surface area contributed by atoms with Crippen molar-refractivity contribution in [3.05, 3.63) is 22.8 Å². The summed E-state index contributed by atoms with van der Waals surface area (Å²) in [7, 11) is 0. The van der Waals surface area contributed by atoms with Crippen molar-refractivity contribution >= 4 is 0 Å². The topological polar surface area (TPSA) is 85.9 Å². The van der Waals surface area contributed by atoms with Crippen LogP contribution in [0.2, 0.25) is 0 Å². The summed E-state index contributed by atoms with van der Waals surface area (Å²) in [6.07, 6.45) is 2.37. The van der Waals surface area contributed by atoms with E-state index in [0.717, 1.165) is 4.68 Å². The van der Waals surface area contributed by atoms with Gasteiger partial charge in [0.25, 0.3) is 0 Å². The quantitative estimate of drug-likeness (QED) is 0.409. The highest BCUT2D eigenvalue weighted by molar-refractivity contribution is 4.60. The molecule has 0 bridgehead atoms. The summed E-state index contributed by atoms with van der Waals surface area (Å²) < 4.78 is 1.03. The van der Waals surface area contributed by atoms with Crippen molar-refractivity contribution in [3.63, 3.8) is 0 Å². The van der Waals surface area contributed by atoms with E-state index in [1.165, 1.54) is 12.7 Å². The Morgan fingerprint density at radius 3 is 2.56 bits per heavy atom. The van der Waals surface area contributed by atoms with Gasteiger partial charge in [-0.05, 0) is 0 Å². The third-order valence-electron chi connectivity index (χ3n) is 0.616. The van der Waals surface area contributed by atoms with E-state index in [2.05, 4.69) is 10.2 Å². The smallest absolute Gasteiger partial charge is 0.229 e. The summed E-state index contributed by atoms with van der Waals surface area (Å²) in [6.45, 7) is 0. The first-order chi connectivity index (χ1) is 4.29. The molecule has 0 aliphatic rings. The van der Waals surface area contributed by atoms with Gasteiger partial charge in [-0.1, -0.05) is 10.2 Å². The lowest BCUT2D eigenvalue weighted by Gasteiger charge is -1.92. The van der Waals surface area contributed by atoms with E-state index < -0.39 is 5.03 Å². The summed E-state index contributed by atoms with van der Waals surface area (Å²) in [5.41, 5.74) is 1.80. The fourth-order valence-electron chi connectivity index (χ4n) is 0.347. The van der Waals surface area contributed by atoms with Gasteiger partial charge in [0.05, 0.1) is 0 Å². The molecule has 7 nitrogen and oxygen atoms in total. The second-order valence-corrected chi connectivity index (χ2v) is 1.23. The third kappa shape index (κ3) is 1.37. The Hall–Kier alpha value is -1.66. The first kappa shape index (κ1) is 5.48. The molecule has 0 aromatic carbocycles. The van der Waals surface area contributed by atoms with Crippen LogP contribution >= 0.6 is 0 Å². The van der Waals surface area contributed by atoms with Crippen LogP contribution in [0, 0.1) is 10.1 Å². The Morgan fingerprint density at radius 1 is 1.56 bits per heavy atom. The molecule has 0 aliphatic heterocycles. The van der Waals surface area contributed by atoms with Gasteiger partial charge in [0, 0.05) is 5.03 Å². The summed E-state index contributed by atoms with van der Waals surface area (Å²) >= 11 is 0. The van der Waals surface area contributed by atoms with Crippen molar-refractivity contribution in [1.29, 1.82) is 0 Å². The summed E-state index contributed by atoms with van der Waals surface area (Å²) in [5.74, 6) is 0. The van der Waals surface area contributed by atoms with Crippen LogP contribution in [0.3, 0.4) is 0 Å². The third-order valence-corrected chi connectivity index (χ3v) is 0.616. The molecule has 0 amide bonds. The molecular weight excluding hydrogens is 126 g/mol. The predicted octanol–water partition coefficient (Wildman–Crippen LogP) is -0.987. The Balaban J connectivity index is 2.58. The van der Waals surface area contributed by atoms with E-state index in [1.807, 2.05) is 0 Å². The van der Waals surface area contributed by atoms with Gasteiger partial charge < -0.3 is 10.1 Å². The predicted molar refractivity (Wildman–Crippen MR) is 26.4 cm³/mol. The summed E-state index contributed by atoms with van der Waals surface area (Å²) in [6, 6.07) is 0. The molecule has 0 unspecified atom stereocenters. The second kappa shape index (κ2) is 2.07. The Bertz CT molecular complexity index is 193. The zero-order valence-corrected chi connectivity index (χ0v) is 4.26. The van der Waals surface area contributed by atoms with Crippen LogP contribution < -0.4 is 5.53 Å². The van der Waals surface area contributed by atoms with E-state index in [0.29, 0.717) is 0 Å². The van der Waals surface area contributed by atoms with Gasteiger partial charge in [-0.3, -0.25) is 0 Å². The maximum absolute atomic E-state index is 9.68. The van der Waals surface area contributed by atoms with Crippen molar-refractivity contribution in [3.8, 4) is 0 Å². The van der Waals surface area contributed by atoms with Gasteiger partial charge in [0.1, 0.15) is 0 Å². The minimum absolute atomic E-state index is 0.705. The van der Waals surface area contributed by atoms with Crippen molar-refractivity contribution in [2.24, 2.45) is 0 Å². The second-order valence-electron chi connectivity index (χ2n) is 1.23. The number of hydrazine groups is 1. The van der Waals surface area contributed by atoms with Crippen LogP contribution in [-0.2, 0) is 0 Å². The molecule has 1 N–H and O–H groups in total. The van der Waals surface area contributed by atoms with Crippen LogP contribution in [0.5, 0.6) is 0 Å². The zero-order chi connectivity index (χ0) is 6.69. The summed E-state index contributed by atoms with van der Waals surface area (Å²) in [5, 5.41) is 15.6. The molecule has 9 heavy (non-hydrogen) atoms. The number of rotatable bonds is 2. The summed E-state index contributed by atoms with van der Waals surface area (Å²) in [4.78, 5) is 9.68. The first-order valence-corrected chi connectivity index (χ1v) is 2.05. The molecule has 0 fully saturated rings. The Kier molecular flexibility index (Phi) is 1.26. The molecule has 1 rings (SSSR count). The number of aromatic nitrogens is 3. The van der Waals surface area contributed by atoms with Crippen LogP contribution in [-0.4, -0.2) is 19.9 Å². The zero-order valence-electron chi connectivity index (χ0n) is 4.26. The number of hydrogen-bond acceptors (Lipinski definition) is 4. The fraction of sp³-hybridized carbons (Fsp3) is 0. The lowest BCUT2D eigenvalue weighted by molar-refractivity contribution is -0.461. The molecule has 48 valence electrons. The Labute approximate surface area is 49.4 Å². The van der Waals surface area contributed by atoms with Gasteiger partial charge >= 0.3 is 0 Å². The number of nitrogens with one attached hydrogen (secondary N) is 1. The van der Waals surface area contributed by atoms with Gasteiger partial charge in [-0.25, -0.2) is 0 Å². The van der Waals surface area contributed by atoms with Gasteiger partial charge in [-0.2, -0.15) is 0 Å². The van der Waals surface area contributed by atoms with Gasteiger partial charge in [0.2, 0.25) is 12.7 Å². The van der Waals surface area contributed by atoms with E-state index >= 15 is 0 Å². The van der Waals surface area contributed by atoms with E-state index in [1.54, 1.807) is 5.53 Å². The number of nitro groups is 1. The van der Waals surface area contributed by atoms with Crippen LogP contribution in [0.4, 0.5) is 0 Å². The molecule has 0 radical (unpaired) electrons. The largest absolute Gasteiger partial charge is 0.339 e.